The Morgan fingerprint density at radius 2 is 0.880 bits per heavy atom. The predicted molar refractivity (Wildman–Crippen MR) is 270 cm³/mol. The van der Waals surface area contributed by atoms with Gasteiger partial charge < -0.3 is 29.4 Å². The molecule has 0 N–H and O–H groups in total. The molecule has 75 heavy (non-hydrogen) atoms. The Bertz CT molecular complexity index is 3470. The second-order valence-corrected chi connectivity index (χ2v) is 20.7. The first-order valence-corrected chi connectivity index (χ1v) is 26.1. The molecule has 1 radical (unpaired) electrons. The van der Waals surface area contributed by atoms with Crippen LogP contribution >= 0.6 is 0 Å². The molecule has 1 atom stereocenters. The average Bonchev–Trinajstić information content (AvgIpc) is 4.17. The summed E-state index contributed by atoms with van der Waals surface area (Å²) in [6.07, 6.45) is 16.9. The maximum atomic E-state index is 15.4. The number of hydrogen-bond donors (Lipinski definition) is 0. The van der Waals surface area contributed by atoms with Crippen molar-refractivity contribution in [3.63, 3.8) is 0 Å². The number of benzene rings is 4. The van der Waals surface area contributed by atoms with Gasteiger partial charge in [0, 0.05) is 38.3 Å². The normalized spacial score (nSPS) is 18.8. The standard InChI is InChI=1S/C59H51F3N9O3.Ir/c60-45-29-48-57-51(32-45)73-70-23-17-41-12-10-38-5-1-6-40-16-22-69-54(26-40)66-37-65(50-31-47(62)33-52(72-69)58(50)66)21-4-9-44-25-39(7-2-19-63(48)35-67(57)55(70)27-41)14-15-43(44)8-3-20-64-36-68-56-28-42(13-11-38)18-24-71(56)74-53-34-46(61)30-49(64)59(53)68;/h14-18,22-25,29-38H,1-13,19-21H2;/q-3;. The maximum Gasteiger partial charge on any atom is 0.229 e. The van der Waals surface area contributed by atoms with Crippen molar-refractivity contribution in [1.82, 2.24) is 0 Å². The molecule has 0 fully saturated rings. The number of hydrogen-bond acceptors (Lipinski definition) is 9. The van der Waals surface area contributed by atoms with Crippen LogP contribution in [0.15, 0.2) is 91.4 Å². The molecule has 17 rings (SSSR count). The average molecular weight is 1180 g/mol. The van der Waals surface area contributed by atoms with Gasteiger partial charge in [0.25, 0.3) is 0 Å². The largest absolute Gasteiger partial charge is 0.478 e. The van der Waals surface area contributed by atoms with Gasteiger partial charge in [-0.05, 0) is 112 Å². The number of aryl methyl sites for hydroxylation is 6. The van der Waals surface area contributed by atoms with Crippen LogP contribution in [0.2, 0.25) is 0 Å². The molecule has 0 amide bonds. The van der Waals surface area contributed by atoms with Gasteiger partial charge in [-0.15, -0.1) is 18.2 Å². The first-order chi connectivity index (χ1) is 36.3. The van der Waals surface area contributed by atoms with E-state index in [2.05, 4.69) is 104 Å². The van der Waals surface area contributed by atoms with E-state index in [1.165, 1.54) is 34.9 Å². The minimum Gasteiger partial charge on any atom is -0.478 e. The molecule has 3 aromatic heterocycles. The van der Waals surface area contributed by atoms with E-state index in [1.807, 2.05) is 18.6 Å². The van der Waals surface area contributed by atoms with Gasteiger partial charge in [-0.25, -0.2) is 29.9 Å². The van der Waals surface area contributed by atoms with Crippen molar-refractivity contribution in [2.45, 2.75) is 83.5 Å². The van der Waals surface area contributed by atoms with Crippen LogP contribution in [0, 0.1) is 61.6 Å². The summed E-state index contributed by atoms with van der Waals surface area (Å²) in [5.41, 5.74) is 11.8. The van der Waals surface area contributed by atoms with Gasteiger partial charge >= 0.3 is 0 Å². The molecule has 10 aliphatic heterocycles. The van der Waals surface area contributed by atoms with Crippen LogP contribution < -0.4 is 58.1 Å². The monoisotopic (exact) mass is 1180 g/mol. The van der Waals surface area contributed by atoms with Crippen molar-refractivity contribution >= 4 is 51.6 Å². The summed E-state index contributed by atoms with van der Waals surface area (Å²) in [5.74, 6) is 2.98. The number of nitrogens with zero attached hydrogens (tertiary/aromatic N) is 9. The Morgan fingerprint density at radius 1 is 0.453 bits per heavy atom. The second kappa shape index (κ2) is 18.4. The number of aromatic nitrogens is 3. The molecule has 10 aliphatic rings. The smallest absolute Gasteiger partial charge is 0.229 e. The molecule has 16 bridgehead atoms. The number of anilines is 9. The van der Waals surface area contributed by atoms with Gasteiger partial charge in [0.2, 0.25) is 34.7 Å². The Morgan fingerprint density at radius 3 is 1.35 bits per heavy atom. The molecular formula is C59H51F3IrN9O3-3. The summed E-state index contributed by atoms with van der Waals surface area (Å²) in [7, 11) is 0. The van der Waals surface area contributed by atoms with E-state index in [4.69, 9.17) is 14.5 Å². The Hall–Kier alpha value is -7.03. The molecule has 16 heteroatoms. The van der Waals surface area contributed by atoms with E-state index in [-0.39, 0.29) is 37.6 Å². The van der Waals surface area contributed by atoms with E-state index in [1.54, 1.807) is 32.4 Å². The quantitative estimate of drug-likeness (QED) is 0.109. The van der Waals surface area contributed by atoms with Crippen molar-refractivity contribution in [2.24, 2.45) is 5.92 Å². The van der Waals surface area contributed by atoms with Crippen LogP contribution in [-0.4, -0.2) is 19.6 Å². The van der Waals surface area contributed by atoms with Crippen LogP contribution in [0.25, 0.3) is 0 Å². The van der Waals surface area contributed by atoms with Gasteiger partial charge in [0.15, 0.2) is 17.1 Å². The molecule has 1 unspecified atom stereocenters. The zero-order valence-electron chi connectivity index (χ0n) is 41.0. The molecule has 0 saturated carbocycles. The number of rotatable bonds is 0. The van der Waals surface area contributed by atoms with Gasteiger partial charge in [0.05, 0.1) is 35.7 Å². The molecule has 383 valence electrons. The summed E-state index contributed by atoms with van der Waals surface area (Å²) in [4.78, 5) is 31.8. The van der Waals surface area contributed by atoms with Gasteiger partial charge in [-0.1, -0.05) is 84.5 Å². The van der Waals surface area contributed by atoms with Crippen molar-refractivity contribution < 1.29 is 62.0 Å². The summed E-state index contributed by atoms with van der Waals surface area (Å²) in [6.45, 7) is 8.22. The van der Waals surface area contributed by atoms with Crippen LogP contribution in [0.1, 0.15) is 78.3 Å². The molecule has 7 aromatic rings. The van der Waals surface area contributed by atoms with Crippen LogP contribution in [0.3, 0.4) is 0 Å². The van der Waals surface area contributed by atoms with Gasteiger partial charge in [-0.2, -0.15) is 18.2 Å². The Labute approximate surface area is 447 Å². The molecule has 13 heterocycles. The summed E-state index contributed by atoms with van der Waals surface area (Å²) < 4.78 is 51.2. The van der Waals surface area contributed by atoms with Crippen molar-refractivity contribution in [1.29, 1.82) is 0 Å². The minimum atomic E-state index is -0.350. The summed E-state index contributed by atoms with van der Waals surface area (Å²) >= 11 is 0. The topological polar surface area (TPSA) is 58.8 Å². The van der Waals surface area contributed by atoms with Crippen LogP contribution in [0.5, 0.6) is 17.2 Å². The maximum absolute atomic E-state index is 15.4. The first kappa shape index (κ1) is 46.5. The predicted octanol–water partition coefficient (Wildman–Crippen LogP) is 9.79. The molecule has 0 aliphatic carbocycles. The van der Waals surface area contributed by atoms with E-state index in [0.717, 1.165) is 152 Å². The van der Waals surface area contributed by atoms with Crippen molar-refractivity contribution in [2.75, 3.05) is 49.0 Å². The van der Waals surface area contributed by atoms with Crippen molar-refractivity contribution in [3.8, 4) is 17.2 Å². The molecule has 12 nitrogen and oxygen atoms in total. The Balaban J connectivity index is 0.00000516. The fourth-order valence-electron chi connectivity index (χ4n) is 12.3. The van der Waals surface area contributed by atoms with E-state index >= 15 is 13.2 Å². The molecular weight excluding hydrogens is 1130 g/mol. The zero-order valence-corrected chi connectivity index (χ0v) is 43.4. The van der Waals surface area contributed by atoms with Gasteiger partial charge in [0.1, 0.15) is 17.5 Å². The summed E-state index contributed by atoms with van der Waals surface area (Å²) in [5, 5.41) is 0. The number of pyridine rings is 3. The van der Waals surface area contributed by atoms with E-state index in [0.29, 0.717) is 42.8 Å². The third kappa shape index (κ3) is 8.09. The van der Waals surface area contributed by atoms with E-state index < -0.39 is 0 Å². The summed E-state index contributed by atoms with van der Waals surface area (Å²) in [6, 6.07) is 33.4. The molecule has 4 aromatic carbocycles. The molecule has 0 spiro atoms. The first-order valence-electron chi connectivity index (χ1n) is 26.1. The van der Waals surface area contributed by atoms with E-state index in [9.17, 15) is 0 Å². The number of fused-ring (bicyclic) bond motifs is 5. The third-order valence-electron chi connectivity index (χ3n) is 16.0. The van der Waals surface area contributed by atoms with Crippen LogP contribution in [0.4, 0.5) is 64.7 Å². The SMILES string of the molecule is Fc1cc2c3c(c1)N1[CH-]N3c3[c-]c(cc[n+]3O2)CCC2CCCc3[c-]c4[n+](cc3)Oc3cc(F)cc5c3N4[CH-]N5CCCc3cc(ccc3CCCN3[CH-]N4c5c(cc(F)cc53)O[n+]3ccc([c-]c34)CC2)CCC1.[Ir]. The number of halogens is 3. The minimum absolute atomic E-state index is 0. The van der Waals surface area contributed by atoms with Crippen molar-refractivity contribution in [3.05, 3.63) is 180 Å². The fourth-order valence-corrected chi connectivity index (χ4v) is 12.3. The zero-order chi connectivity index (χ0) is 49.2. The van der Waals surface area contributed by atoms with Crippen LogP contribution in [-0.2, 0) is 58.6 Å². The third-order valence-corrected chi connectivity index (χ3v) is 16.0. The molecule has 0 saturated heterocycles. The fraction of sp³-hybridized carbons (Fsp3) is 0.288. The second-order valence-electron chi connectivity index (χ2n) is 20.7. The Kier molecular flexibility index (Phi) is 11.4. The van der Waals surface area contributed by atoms with Gasteiger partial charge in [-0.3, -0.25) is 14.5 Å².